The highest BCUT2D eigenvalue weighted by Gasteiger charge is 2.25. The first-order chi connectivity index (χ1) is 31.1. The van der Waals surface area contributed by atoms with E-state index in [2.05, 4.69) is 163 Å². The third-order valence-corrected chi connectivity index (χ3v) is 14.5. The van der Waals surface area contributed by atoms with E-state index in [-0.39, 0.29) is 29.1 Å². The minimum atomic E-state index is 0. The van der Waals surface area contributed by atoms with Crippen molar-refractivity contribution in [3.8, 4) is 5.88 Å². The zero-order valence-corrected chi connectivity index (χ0v) is 44.3. The number of anilines is 2. The van der Waals surface area contributed by atoms with Gasteiger partial charge in [-0.2, -0.15) is 4.98 Å². The summed E-state index contributed by atoms with van der Waals surface area (Å²) in [6.45, 7) is 27.0. The summed E-state index contributed by atoms with van der Waals surface area (Å²) in [4.78, 5) is 20.3. The minimum absolute atomic E-state index is 0. The quantitative estimate of drug-likeness (QED) is 0.179. The van der Waals surface area contributed by atoms with Gasteiger partial charge in [-0.15, -0.1) is 0 Å². The molecular formula is C60H96N6O. The van der Waals surface area contributed by atoms with E-state index in [0.717, 1.165) is 23.5 Å². The van der Waals surface area contributed by atoms with E-state index in [1.807, 2.05) is 24.7 Å². The van der Waals surface area contributed by atoms with Crippen molar-refractivity contribution in [3.05, 3.63) is 101 Å². The van der Waals surface area contributed by atoms with Crippen molar-refractivity contribution in [2.75, 3.05) is 24.4 Å². The molecule has 0 aromatic carbocycles. The van der Waals surface area contributed by atoms with Crippen molar-refractivity contribution in [2.24, 2.45) is 11.8 Å². The van der Waals surface area contributed by atoms with Gasteiger partial charge in [0.15, 0.2) is 0 Å². The number of aromatic nitrogens is 4. The molecule has 4 aliphatic rings. The second-order valence-electron chi connectivity index (χ2n) is 24.3. The molecule has 0 atom stereocenters. The maximum Gasteiger partial charge on any atom is 0.215 e. The van der Waals surface area contributed by atoms with Crippen LogP contribution in [0.4, 0.5) is 11.6 Å². The number of hydrogen-bond donors (Lipinski definition) is 1. The maximum absolute atomic E-state index is 5.27. The van der Waals surface area contributed by atoms with Crippen molar-refractivity contribution in [1.82, 2.24) is 19.9 Å². The maximum atomic E-state index is 5.27. The summed E-state index contributed by atoms with van der Waals surface area (Å²) in [5.41, 5.74) is 8.84. The van der Waals surface area contributed by atoms with Crippen LogP contribution in [0.1, 0.15) is 220 Å². The minimum Gasteiger partial charge on any atom is -0.481 e. The van der Waals surface area contributed by atoms with Crippen LogP contribution in [-0.2, 0) is 34.5 Å². The van der Waals surface area contributed by atoms with Crippen molar-refractivity contribution in [1.29, 1.82) is 0 Å². The molecule has 0 spiro atoms. The Morgan fingerprint density at radius 1 is 0.522 bits per heavy atom. The van der Waals surface area contributed by atoms with Crippen LogP contribution in [0.25, 0.3) is 0 Å². The van der Waals surface area contributed by atoms with Gasteiger partial charge in [0.25, 0.3) is 0 Å². The molecule has 0 saturated heterocycles. The first-order valence-electron chi connectivity index (χ1n) is 26.0. The van der Waals surface area contributed by atoms with Crippen LogP contribution in [0.5, 0.6) is 5.88 Å². The van der Waals surface area contributed by atoms with Gasteiger partial charge in [0.1, 0.15) is 11.6 Å². The van der Waals surface area contributed by atoms with Gasteiger partial charge in [0, 0.05) is 55.2 Å². The molecule has 0 unspecified atom stereocenters. The normalized spacial score (nSPS) is 17.2. The first kappa shape index (κ1) is 55.6. The highest BCUT2D eigenvalue weighted by molar-refractivity contribution is 5.45. The molecule has 8 rings (SSSR count). The molecule has 67 heavy (non-hydrogen) atoms. The van der Waals surface area contributed by atoms with E-state index in [1.54, 1.807) is 7.11 Å². The van der Waals surface area contributed by atoms with Crippen molar-refractivity contribution in [2.45, 2.75) is 233 Å². The molecule has 7 nitrogen and oxygen atoms in total. The Labute approximate surface area is 411 Å². The molecule has 0 bridgehead atoms. The third-order valence-electron chi connectivity index (χ3n) is 14.5. The Morgan fingerprint density at radius 3 is 1.36 bits per heavy atom. The molecular weight excluding hydrogens is 821 g/mol. The Kier molecular flexibility index (Phi) is 20.8. The predicted molar refractivity (Wildman–Crippen MR) is 288 cm³/mol. The number of pyridine rings is 4. The van der Waals surface area contributed by atoms with E-state index in [1.165, 1.54) is 143 Å². The first-order valence-corrected chi connectivity index (χ1v) is 26.0. The Hall–Kier alpha value is -4.00. The fourth-order valence-electron chi connectivity index (χ4n) is 9.23. The summed E-state index contributed by atoms with van der Waals surface area (Å²) in [5.74, 6) is 4.53. The lowest BCUT2D eigenvalue weighted by atomic mass is 9.84. The summed E-state index contributed by atoms with van der Waals surface area (Å²) in [6.07, 6.45) is 28.8. The average molecular weight is 917 g/mol. The van der Waals surface area contributed by atoms with Gasteiger partial charge in [0.2, 0.25) is 5.88 Å². The molecule has 4 aliphatic carbocycles. The number of nitrogens with zero attached hydrogens (tertiary/aromatic N) is 5. The topological polar surface area (TPSA) is 76.1 Å². The lowest BCUT2D eigenvalue weighted by Gasteiger charge is -2.36. The van der Waals surface area contributed by atoms with Gasteiger partial charge in [-0.25, -0.2) is 4.98 Å². The largest absolute Gasteiger partial charge is 0.481 e. The highest BCUT2D eigenvalue weighted by Crippen LogP contribution is 2.33. The van der Waals surface area contributed by atoms with Crippen molar-refractivity contribution in [3.63, 3.8) is 0 Å². The van der Waals surface area contributed by atoms with E-state index >= 15 is 0 Å². The molecule has 7 heteroatoms. The Bertz CT molecular complexity index is 2050. The lowest BCUT2D eigenvalue weighted by molar-refractivity contribution is 0.354. The second-order valence-corrected chi connectivity index (χ2v) is 24.3. The zero-order chi connectivity index (χ0) is 48.1. The molecule has 4 heterocycles. The van der Waals surface area contributed by atoms with Gasteiger partial charge in [-0.1, -0.05) is 148 Å². The van der Waals surface area contributed by atoms with Crippen LogP contribution in [0, 0.1) is 11.8 Å². The standard InChI is InChI=1S/C16H25N.C15H23N.C14H22N2O.C14H22N2.CH4/c1-16(2,3)14-9-10-17-15(12-14)11-13-7-5-4-6-8-13;1-15(2,3)13-8-9-16-14(11-13)10-12-6-4-5-7-12;1-14(2,3)10-8-12(15-11-6-5-7-11)16-13(9-10)17-4;1-14(2,3)11-8-9-15-13(10-11)16(4)12-6-5-7-12;/h9-10,12-13H,4-8,11H2,1-3H3;8-9,11-12H,4-7,10H2,1-3H3;8-9,11H,5-7H2,1-4H3,(H,15,16);8-10,12H,5-7H2,1-4H3;1H4. The number of rotatable bonds is 9. The van der Waals surface area contributed by atoms with Crippen LogP contribution >= 0.6 is 0 Å². The van der Waals surface area contributed by atoms with Crippen LogP contribution < -0.4 is 15.0 Å². The van der Waals surface area contributed by atoms with Gasteiger partial charge < -0.3 is 15.0 Å². The number of nitrogens with one attached hydrogen (secondary N) is 1. The Morgan fingerprint density at radius 2 is 0.955 bits per heavy atom. The van der Waals surface area contributed by atoms with E-state index in [9.17, 15) is 0 Å². The van der Waals surface area contributed by atoms with Gasteiger partial charge >= 0.3 is 0 Å². The van der Waals surface area contributed by atoms with Gasteiger partial charge in [-0.05, 0) is 150 Å². The number of methoxy groups -OCH3 is 1. The van der Waals surface area contributed by atoms with E-state index in [0.29, 0.717) is 18.0 Å². The molecule has 0 radical (unpaired) electrons. The molecule has 1 N–H and O–H groups in total. The third kappa shape index (κ3) is 18.1. The lowest BCUT2D eigenvalue weighted by Crippen LogP contribution is -2.37. The van der Waals surface area contributed by atoms with Crippen LogP contribution in [0.3, 0.4) is 0 Å². The van der Waals surface area contributed by atoms with Crippen LogP contribution in [0.15, 0.2) is 67.1 Å². The van der Waals surface area contributed by atoms with Crippen LogP contribution in [0.2, 0.25) is 0 Å². The van der Waals surface area contributed by atoms with Gasteiger partial charge in [0.05, 0.1) is 7.11 Å². The van der Waals surface area contributed by atoms with Gasteiger partial charge in [-0.3, -0.25) is 9.97 Å². The number of hydrogen-bond acceptors (Lipinski definition) is 7. The fourth-order valence-corrected chi connectivity index (χ4v) is 9.23. The van der Waals surface area contributed by atoms with E-state index in [4.69, 9.17) is 4.74 Å². The SMILES string of the molecule is C.CC(C)(C)c1ccnc(CC2CCCC2)c1.CC(C)(C)c1ccnc(CC2CCCCC2)c1.CN(c1cc(C(C)(C)C)ccn1)C1CCC1.COc1cc(C(C)(C)C)cc(NC2CCC2)n1. The summed E-state index contributed by atoms with van der Waals surface area (Å²) in [6, 6.07) is 18.8. The fraction of sp³-hybridized carbons (Fsp3) is 0.667. The van der Waals surface area contributed by atoms with Crippen LogP contribution in [-0.4, -0.2) is 46.2 Å². The van der Waals surface area contributed by atoms with E-state index < -0.39 is 0 Å². The van der Waals surface area contributed by atoms with Crippen molar-refractivity contribution < 1.29 is 4.74 Å². The molecule has 4 aromatic heterocycles. The molecule has 0 aliphatic heterocycles. The monoisotopic (exact) mass is 917 g/mol. The summed E-state index contributed by atoms with van der Waals surface area (Å²) in [5, 5.41) is 3.47. The molecule has 372 valence electrons. The van der Waals surface area contributed by atoms with Crippen molar-refractivity contribution >= 4 is 11.6 Å². The second kappa shape index (κ2) is 25.0. The summed E-state index contributed by atoms with van der Waals surface area (Å²) >= 11 is 0. The molecule has 0 amide bonds. The predicted octanol–water partition coefficient (Wildman–Crippen LogP) is 16.0. The summed E-state index contributed by atoms with van der Waals surface area (Å²) in [7, 11) is 3.83. The zero-order valence-electron chi connectivity index (χ0n) is 44.3. The molecule has 4 fully saturated rings. The molecule has 4 saturated carbocycles. The molecule has 4 aromatic rings. The Balaban J connectivity index is 0.000000194. The smallest absolute Gasteiger partial charge is 0.215 e. The number of ether oxygens (including phenoxy) is 1. The average Bonchev–Trinajstić information content (AvgIpc) is 3.75. The summed E-state index contributed by atoms with van der Waals surface area (Å²) < 4.78 is 5.27. The highest BCUT2D eigenvalue weighted by atomic mass is 16.5.